The molecule has 94 valence electrons. The zero-order valence-corrected chi connectivity index (χ0v) is 12.6. The van der Waals surface area contributed by atoms with E-state index in [0.29, 0.717) is 0 Å². The maximum atomic E-state index is 6.16. The summed E-state index contributed by atoms with van der Waals surface area (Å²) < 4.78 is 6.26. The highest BCUT2D eigenvalue weighted by Gasteiger charge is 2.40. The molecule has 1 aromatic rings. The normalized spacial score (nSPS) is 18.8. The molecule has 1 atom stereocenters. The van der Waals surface area contributed by atoms with Gasteiger partial charge >= 0.3 is 0 Å². The summed E-state index contributed by atoms with van der Waals surface area (Å²) in [4.78, 5) is 0. The second-order valence-corrected chi connectivity index (χ2v) is 6.33. The standard InChI is InChI=1S/C14H18BrClO/c1-14(9-16,11-4-5-11)8-10-3-6-13(17-2)12(15)7-10/h3,6-7,11H,4-5,8-9H2,1-2H3. The van der Waals surface area contributed by atoms with E-state index >= 15 is 0 Å². The van der Waals surface area contributed by atoms with Gasteiger partial charge in [-0.3, -0.25) is 0 Å². The fraction of sp³-hybridized carbons (Fsp3) is 0.571. The summed E-state index contributed by atoms with van der Waals surface area (Å²) in [6, 6.07) is 6.30. The first kappa shape index (κ1) is 13.2. The van der Waals surface area contributed by atoms with E-state index in [1.54, 1.807) is 7.11 Å². The van der Waals surface area contributed by atoms with Crippen molar-refractivity contribution in [2.75, 3.05) is 13.0 Å². The van der Waals surface area contributed by atoms with Crippen LogP contribution in [0.4, 0.5) is 0 Å². The smallest absolute Gasteiger partial charge is 0.133 e. The maximum Gasteiger partial charge on any atom is 0.133 e. The van der Waals surface area contributed by atoms with Gasteiger partial charge in [0.05, 0.1) is 11.6 Å². The molecular formula is C14H18BrClO. The molecule has 0 N–H and O–H groups in total. The summed E-state index contributed by atoms with van der Waals surface area (Å²) in [5.41, 5.74) is 1.57. The van der Waals surface area contributed by atoms with Crippen molar-refractivity contribution >= 4 is 27.5 Å². The molecular weight excluding hydrogens is 300 g/mol. The lowest BCUT2D eigenvalue weighted by Gasteiger charge is -2.27. The molecule has 0 radical (unpaired) electrons. The minimum absolute atomic E-state index is 0.246. The SMILES string of the molecule is COc1ccc(CC(C)(CCl)C2CC2)cc1Br. The Bertz CT molecular complexity index is 403. The van der Waals surface area contributed by atoms with Gasteiger partial charge in [-0.1, -0.05) is 13.0 Å². The van der Waals surface area contributed by atoms with Crippen molar-refractivity contribution in [1.29, 1.82) is 0 Å². The van der Waals surface area contributed by atoms with Crippen molar-refractivity contribution in [3.63, 3.8) is 0 Å². The Morgan fingerprint density at radius 3 is 2.65 bits per heavy atom. The van der Waals surface area contributed by atoms with Crippen LogP contribution in [-0.4, -0.2) is 13.0 Å². The number of methoxy groups -OCH3 is 1. The third-order valence-corrected chi connectivity index (χ3v) is 4.92. The van der Waals surface area contributed by atoms with Gasteiger partial charge in [0.1, 0.15) is 5.75 Å². The van der Waals surface area contributed by atoms with Crippen LogP contribution in [0.1, 0.15) is 25.3 Å². The Labute approximate surface area is 117 Å². The summed E-state index contributed by atoms with van der Waals surface area (Å²) in [5.74, 6) is 2.43. The molecule has 1 aliphatic rings. The number of hydrogen-bond donors (Lipinski definition) is 0. The van der Waals surface area contributed by atoms with Gasteiger partial charge in [0.2, 0.25) is 0 Å². The Hall–Kier alpha value is -0.210. The van der Waals surface area contributed by atoms with E-state index in [1.165, 1.54) is 18.4 Å². The van der Waals surface area contributed by atoms with Crippen LogP contribution in [0.25, 0.3) is 0 Å². The highest BCUT2D eigenvalue weighted by atomic mass is 79.9. The van der Waals surface area contributed by atoms with Crippen molar-refractivity contribution in [1.82, 2.24) is 0 Å². The largest absolute Gasteiger partial charge is 0.496 e. The van der Waals surface area contributed by atoms with Crippen molar-refractivity contribution in [3.05, 3.63) is 28.2 Å². The van der Waals surface area contributed by atoms with Gasteiger partial charge in [-0.15, -0.1) is 11.6 Å². The van der Waals surface area contributed by atoms with Gasteiger partial charge in [-0.25, -0.2) is 0 Å². The molecule has 0 aromatic heterocycles. The van der Waals surface area contributed by atoms with Crippen LogP contribution in [0.3, 0.4) is 0 Å². The lowest BCUT2D eigenvalue weighted by Crippen LogP contribution is -2.24. The number of rotatable bonds is 5. The zero-order valence-electron chi connectivity index (χ0n) is 10.3. The summed E-state index contributed by atoms with van der Waals surface area (Å²) >= 11 is 9.69. The van der Waals surface area contributed by atoms with E-state index < -0.39 is 0 Å². The van der Waals surface area contributed by atoms with Crippen LogP contribution in [-0.2, 0) is 6.42 Å². The molecule has 1 aromatic carbocycles. The summed E-state index contributed by atoms with van der Waals surface area (Å²) in [6.45, 7) is 2.30. The lowest BCUT2D eigenvalue weighted by molar-refractivity contribution is 0.313. The predicted octanol–water partition coefficient (Wildman–Crippen LogP) is 4.66. The molecule has 1 saturated carbocycles. The summed E-state index contributed by atoms with van der Waals surface area (Å²) in [6.07, 6.45) is 3.71. The number of halogens is 2. The minimum Gasteiger partial charge on any atom is -0.496 e. The average molecular weight is 318 g/mol. The van der Waals surface area contributed by atoms with E-state index in [9.17, 15) is 0 Å². The molecule has 0 heterocycles. The van der Waals surface area contributed by atoms with Gasteiger partial charge in [-0.2, -0.15) is 0 Å². The average Bonchev–Trinajstić information content (AvgIpc) is 3.13. The number of benzene rings is 1. The molecule has 3 heteroatoms. The molecule has 17 heavy (non-hydrogen) atoms. The highest BCUT2D eigenvalue weighted by molar-refractivity contribution is 9.10. The second-order valence-electron chi connectivity index (χ2n) is 5.21. The molecule has 1 unspecified atom stereocenters. The molecule has 0 saturated heterocycles. The quantitative estimate of drug-likeness (QED) is 0.718. The van der Waals surface area contributed by atoms with Crippen LogP contribution < -0.4 is 4.74 Å². The molecule has 2 rings (SSSR count). The van der Waals surface area contributed by atoms with Gasteiger partial charge in [0, 0.05) is 5.88 Å². The van der Waals surface area contributed by atoms with Crippen LogP contribution in [0.2, 0.25) is 0 Å². The summed E-state index contributed by atoms with van der Waals surface area (Å²) in [7, 11) is 1.69. The Balaban J connectivity index is 2.15. The van der Waals surface area contributed by atoms with Gasteiger partial charge in [-0.05, 0) is 64.2 Å². The van der Waals surface area contributed by atoms with Gasteiger partial charge in [0.25, 0.3) is 0 Å². The van der Waals surface area contributed by atoms with E-state index in [-0.39, 0.29) is 5.41 Å². The van der Waals surface area contributed by atoms with Crippen molar-refractivity contribution in [2.24, 2.45) is 11.3 Å². The highest BCUT2D eigenvalue weighted by Crippen LogP contribution is 2.48. The van der Waals surface area contributed by atoms with Crippen LogP contribution >= 0.6 is 27.5 Å². The molecule has 0 bridgehead atoms. The topological polar surface area (TPSA) is 9.23 Å². The van der Waals surface area contributed by atoms with E-state index in [0.717, 1.165) is 28.4 Å². The van der Waals surface area contributed by atoms with Crippen LogP contribution in [0, 0.1) is 11.3 Å². The van der Waals surface area contributed by atoms with Crippen LogP contribution in [0.15, 0.2) is 22.7 Å². The molecule has 0 spiro atoms. The molecule has 1 aliphatic carbocycles. The number of hydrogen-bond acceptors (Lipinski definition) is 1. The van der Waals surface area contributed by atoms with E-state index in [4.69, 9.17) is 16.3 Å². The minimum atomic E-state index is 0.246. The monoisotopic (exact) mass is 316 g/mol. The molecule has 1 fully saturated rings. The molecule has 1 nitrogen and oxygen atoms in total. The van der Waals surface area contributed by atoms with Gasteiger partial charge in [0.15, 0.2) is 0 Å². The first-order valence-corrected chi connectivity index (χ1v) is 7.30. The Morgan fingerprint density at radius 2 is 2.18 bits per heavy atom. The molecule has 0 amide bonds. The van der Waals surface area contributed by atoms with Crippen molar-refractivity contribution in [3.8, 4) is 5.75 Å². The zero-order chi connectivity index (χ0) is 12.5. The Kier molecular flexibility index (Phi) is 4.04. The third-order valence-electron chi connectivity index (χ3n) is 3.69. The van der Waals surface area contributed by atoms with Gasteiger partial charge < -0.3 is 4.74 Å². The Morgan fingerprint density at radius 1 is 1.47 bits per heavy atom. The fourth-order valence-corrected chi connectivity index (χ4v) is 3.27. The second kappa shape index (κ2) is 5.19. The molecule has 0 aliphatic heterocycles. The van der Waals surface area contributed by atoms with E-state index in [1.807, 2.05) is 6.07 Å². The first-order valence-electron chi connectivity index (χ1n) is 5.97. The number of ether oxygens (including phenoxy) is 1. The predicted molar refractivity (Wildman–Crippen MR) is 75.9 cm³/mol. The maximum absolute atomic E-state index is 6.16. The lowest BCUT2D eigenvalue weighted by atomic mass is 9.81. The van der Waals surface area contributed by atoms with Crippen LogP contribution in [0.5, 0.6) is 5.75 Å². The van der Waals surface area contributed by atoms with Crippen molar-refractivity contribution in [2.45, 2.75) is 26.2 Å². The fourth-order valence-electron chi connectivity index (χ4n) is 2.37. The van der Waals surface area contributed by atoms with E-state index in [2.05, 4.69) is 35.0 Å². The summed E-state index contributed by atoms with van der Waals surface area (Å²) in [5, 5.41) is 0. The third kappa shape index (κ3) is 2.97. The first-order chi connectivity index (χ1) is 8.09. The van der Waals surface area contributed by atoms with Crippen molar-refractivity contribution < 1.29 is 4.74 Å². The number of alkyl halides is 1.